The maximum absolute atomic E-state index is 5.68. The number of anilines is 2. The fraction of sp³-hybridized carbons (Fsp3) is 0.318. The molecule has 0 saturated heterocycles. The van der Waals surface area contributed by atoms with Crippen molar-refractivity contribution in [2.75, 3.05) is 12.4 Å². The van der Waals surface area contributed by atoms with E-state index in [1.807, 2.05) is 24.3 Å². The van der Waals surface area contributed by atoms with Gasteiger partial charge in [0.15, 0.2) is 4.77 Å². The SMILES string of the molecule is COc1ccc(Nc2ncnc3cc4c(cc23)[nH]c(=S)n4C2CCCCC2)cc1. The fourth-order valence-corrected chi connectivity index (χ4v) is 4.65. The number of rotatable bonds is 4. The lowest BCUT2D eigenvalue weighted by Crippen LogP contribution is -2.12. The van der Waals surface area contributed by atoms with Crippen molar-refractivity contribution >= 4 is 45.7 Å². The van der Waals surface area contributed by atoms with Gasteiger partial charge < -0.3 is 19.6 Å². The molecule has 0 radical (unpaired) electrons. The number of fused-ring (bicyclic) bond motifs is 2. The number of benzene rings is 2. The Kier molecular flexibility index (Phi) is 4.67. The summed E-state index contributed by atoms with van der Waals surface area (Å²) in [6.07, 6.45) is 7.84. The Bertz CT molecular complexity index is 1220. The molecule has 1 fully saturated rings. The molecule has 6 nitrogen and oxygen atoms in total. The third-order valence-electron chi connectivity index (χ3n) is 5.77. The van der Waals surface area contributed by atoms with Crippen LogP contribution >= 0.6 is 12.2 Å². The van der Waals surface area contributed by atoms with E-state index in [4.69, 9.17) is 17.0 Å². The Labute approximate surface area is 174 Å². The molecule has 5 rings (SSSR count). The van der Waals surface area contributed by atoms with Gasteiger partial charge in [-0.2, -0.15) is 0 Å². The van der Waals surface area contributed by atoms with Crippen LogP contribution in [0, 0.1) is 4.77 Å². The van der Waals surface area contributed by atoms with Gasteiger partial charge in [-0.25, -0.2) is 9.97 Å². The molecule has 0 unspecified atom stereocenters. The monoisotopic (exact) mass is 405 g/mol. The molecule has 0 bridgehead atoms. The van der Waals surface area contributed by atoms with Crippen LogP contribution in [0.4, 0.5) is 11.5 Å². The van der Waals surface area contributed by atoms with E-state index in [0.29, 0.717) is 6.04 Å². The van der Waals surface area contributed by atoms with E-state index in [0.717, 1.165) is 44.0 Å². The zero-order valence-electron chi connectivity index (χ0n) is 16.3. The molecule has 29 heavy (non-hydrogen) atoms. The largest absolute Gasteiger partial charge is 0.497 e. The molecule has 7 heteroatoms. The van der Waals surface area contributed by atoms with Gasteiger partial charge in [0, 0.05) is 17.1 Å². The second-order valence-electron chi connectivity index (χ2n) is 7.55. The van der Waals surface area contributed by atoms with Crippen LogP contribution in [0.5, 0.6) is 5.75 Å². The third-order valence-corrected chi connectivity index (χ3v) is 6.06. The first kappa shape index (κ1) is 18.1. The van der Waals surface area contributed by atoms with Crippen molar-refractivity contribution in [3.05, 3.63) is 47.5 Å². The summed E-state index contributed by atoms with van der Waals surface area (Å²) in [5.74, 6) is 1.59. The molecule has 2 aromatic heterocycles. The number of aromatic nitrogens is 4. The molecule has 1 aliphatic rings. The van der Waals surface area contributed by atoms with Gasteiger partial charge in [0.25, 0.3) is 0 Å². The summed E-state index contributed by atoms with van der Waals surface area (Å²) in [5, 5.41) is 4.36. The molecule has 2 aromatic carbocycles. The Morgan fingerprint density at radius 1 is 1.10 bits per heavy atom. The van der Waals surface area contributed by atoms with E-state index >= 15 is 0 Å². The number of nitrogens with one attached hydrogen (secondary N) is 2. The number of H-pyrrole nitrogens is 1. The fourth-order valence-electron chi connectivity index (χ4n) is 4.29. The quantitative estimate of drug-likeness (QED) is 0.414. The lowest BCUT2D eigenvalue weighted by atomic mass is 9.95. The molecular weight excluding hydrogens is 382 g/mol. The molecule has 0 aliphatic heterocycles. The topological polar surface area (TPSA) is 67.8 Å². The first-order chi connectivity index (χ1) is 14.2. The van der Waals surface area contributed by atoms with Crippen LogP contribution in [0.3, 0.4) is 0 Å². The summed E-state index contributed by atoms with van der Waals surface area (Å²) in [6, 6.07) is 12.5. The third kappa shape index (κ3) is 3.35. The minimum Gasteiger partial charge on any atom is -0.497 e. The van der Waals surface area contributed by atoms with Gasteiger partial charge in [-0.3, -0.25) is 0 Å². The molecule has 0 amide bonds. The van der Waals surface area contributed by atoms with Crippen molar-refractivity contribution < 1.29 is 4.74 Å². The highest BCUT2D eigenvalue weighted by molar-refractivity contribution is 7.71. The number of nitrogens with zero attached hydrogens (tertiary/aromatic N) is 3. The van der Waals surface area contributed by atoms with Crippen molar-refractivity contribution in [2.45, 2.75) is 38.1 Å². The standard InChI is InChI=1S/C22H23N5OS/c1-28-16-9-7-14(8-10-16)25-21-17-11-19-20(12-18(17)23-13-24-21)27(22(29)26-19)15-5-3-2-4-6-15/h7-13,15H,2-6H2,1H3,(H,26,29)(H,23,24,25). The van der Waals surface area contributed by atoms with Crippen LogP contribution in [0.1, 0.15) is 38.1 Å². The predicted molar refractivity (Wildman–Crippen MR) is 119 cm³/mol. The van der Waals surface area contributed by atoms with Gasteiger partial charge in [0.2, 0.25) is 0 Å². The Hall–Kier alpha value is -2.93. The van der Waals surface area contributed by atoms with E-state index in [2.05, 4.69) is 37.0 Å². The minimum atomic E-state index is 0.473. The van der Waals surface area contributed by atoms with Gasteiger partial charge in [-0.1, -0.05) is 19.3 Å². The molecule has 0 spiro atoms. The van der Waals surface area contributed by atoms with Gasteiger partial charge in [0.05, 0.1) is 23.7 Å². The predicted octanol–water partition coefficient (Wildman–Crippen LogP) is 5.90. The summed E-state index contributed by atoms with van der Waals surface area (Å²) >= 11 is 5.68. The minimum absolute atomic E-state index is 0.473. The van der Waals surface area contributed by atoms with E-state index in [9.17, 15) is 0 Å². The van der Waals surface area contributed by atoms with Crippen LogP contribution in [0.25, 0.3) is 21.9 Å². The summed E-state index contributed by atoms with van der Waals surface area (Å²) in [7, 11) is 1.66. The zero-order valence-corrected chi connectivity index (χ0v) is 17.1. The van der Waals surface area contributed by atoms with Gasteiger partial charge in [-0.05, 0) is 61.5 Å². The molecule has 148 valence electrons. The van der Waals surface area contributed by atoms with E-state index < -0.39 is 0 Å². The molecule has 0 atom stereocenters. The number of methoxy groups -OCH3 is 1. The Morgan fingerprint density at radius 3 is 2.66 bits per heavy atom. The average molecular weight is 406 g/mol. The highest BCUT2D eigenvalue weighted by Crippen LogP contribution is 2.34. The maximum atomic E-state index is 5.68. The number of hydrogen-bond acceptors (Lipinski definition) is 5. The molecule has 4 aromatic rings. The summed E-state index contributed by atoms with van der Waals surface area (Å²) in [6.45, 7) is 0. The Morgan fingerprint density at radius 2 is 1.90 bits per heavy atom. The van der Waals surface area contributed by atoms with Gasteiger partial charge >= 0.3 is 0 Å². The van der Waals surface area contributed by atoms with E-state index in [1.165, 1.54) is 32.1 Å². The van der Waals surface area contributed by atoms with Gasteiger partial charge in [-0.15, -0.1) is 0 Å². The van der Waals surface area contributed by atoms with Crippen molar-refractivity contribution in [3.63, 3.8) is 0 Å². The van der Waals surface area contributed by atoms with Crippen molar-refractivity contribution in [1.82, 2.24) is 19.5 Å². The highest BCUT2D eigenvalue weighted by atomic mass is 32.1. The van der Waals surface area contributed by atoms with Crippen molar-refractivity contribution in [2.24, 2.45) is 0 Å². The number of hydrogen-bond donors (Lipinski definition) is 2. The first-order valence-electron chi connectivity index (χ1n) is 10.0. The van der Waals surface area contributed by atoms with Crippen LogP contribution in [0.15, 0.2) is 42.7 Å². The Balaban J connectivity index is 1.58. The van der Waals surface area contributed by atoms with Crippen molar-refractivity contribution in [3.8, 4) is 5.75 Å². The number of ether oxygens (including phenoxy) is 1. The van der Waals surface area contributed by atoms with Crippen LogP contribution in [0.2, 0.25) is 0 Å². The van der Waals surface area contributed by atoms with Crippen LogP contribution in [-0.2, 0) is 0 Å². The smallest absolute Gasteiger partial charge is 0.178 e. The molecule has 2 N–H and O–H groups in total. The second-order valence-corrected chi connectivity index (χ2v) is 7.94. The van der Waals surface area contributed by atoms with Crippen LogP contribution < -0.4 is 10.1 Å². The maximum Gasteiger partial charge on any atom is 0.178 e. The summed E-state index contributed by atoms with van der Waals surface area (Å²) < 4.78 is 8.32. The zero-order chi connectivity index (χ0) is 19.8. The molecule has 1 aliphatic carbocycles. The number of aromatic amines is 1. The second kappa shape index (κ2) is 7.48. The number of imidazole rings is 1. The summed E-state index contributed by atoms with van der Waals surface area (Å²) in [4.78, 5) is 12.4. The molecule has 2 heterocycles. The molecular formula is C22H23N5OS. The van der Waals surface area contributed by atoms with E-state index in [-0.39, 0.29) is 0 Å². The highest BCUT2D eigenvalue weighted by Gasteiger charge is 2.19. The lowest BCUT2D eigenvalue weighted by Gasteiger charge is -2.23. The summed E-state index contributed by atoms with van der Waals surface area (Å²) in [5.41, 5.74) is 4.00. The first-order valence-corrected chi connectivity index (χ1v) is 10.4. The normalized spacial score (nSPS) is 15.1. The molecule has 1 saturated carbocycles. The van der Waals surface area contributed by atoms with E-state index in [1.54, 1.807) is 13.4 Å². The van der Waals surface area contributed by atoms with Crippen molar-refractivity contribution in [1.29, 1.82) is 0 Å². The lowest BCUT2D eigenvalue weighted by molar-refractivity contribution is 0.357. The van der Waals surface area contributed by atoms with Crippen LogP contribution in [-0.4, -0.2) is 26.6 Å². The average Bonchev–Trinajstić information content (AvgIpc) is 3.08. The van der Waals surface area contributed by atoms with Gasteiger partial charge in [0.1, 0.15) is 17.9 Å².